The van der Waals surface area contributed by atoms with Gasteiger partial charge in [0.05, 0.1) is 16.5 Å². The number of hydrogen-bond acceptors (Lipinski definition) is 4. The Bertz CT molecular complexity index is 925. The number of ether oxygens (including phenoxy) is 1. The topological polar surface area (TPSA) is 39.2 Å². The second kappa shape index (κ2) is 7.52. The van der Waals surface area contributed by atoms with Crippen molar-refractivity contribution in [2.75, 3.05) is 6.61 Å². The summed E-state index contributed by atoms with van der Waals surface area (Å²) < 4.78 is 18.5. The van der Waals surface area contributed by atoms with Gasteiger partial charge in [0.25, 0.3) is 0 Å². The van der Waals surface area contributed by atoms with Crippen LogP contribution in [-0.4, -0.2) is 17.6 Å². The predicted octanol–water partition coefficient (Wildman–Crippen LogP) is 6.10. The van der Waals surface area contributed by atoms with Crippen molar-refractivity contribution < 1.29 is 13.9 Å². The van der Waals surface area contributed by atoms with Crippen molar-refractivity contribution in [3.05, 3.63) is 64.0 Å². The zero-order chi connectivity index (χ0) is 18.0. The Labute approximate surface area is 158 Å². The van der Waals surface area contributed by atoms with Gasteiger partial charge in [0, 0.05) is 10.6 Å². The minimum atomic E-state index is -0.533. The van der Waals surface area contributed by atoms with Crippen molar-refractivity contribution >= 4 is 40.5 Å². The van der Waals surface area contributed by atoms with Crippen LogP contribution in [0.3, 0.4) is 0 Å². The highest BCUT2D eigenvalue weighted by Gasteiger charge is 2.22. The monoisotopic (exact) mass is 395 g/mol. The molecule has 1 aromatic heterocycles. The van der Waals surface area contributed by atoms with E-state index in [-0.39, 0.29) is 17.3 Å². The van der Waals surface area contributed by atoms with Crippen LogP contribution in [0.2, 0.25) is 10.0 Å². The number of rotatable bonds is 4. The molecule has 7 heteroatoms. The zero-order valence-corrected chi connectivity index (χ0v) is 15.4. The third-order valence-corrected chi connectivity index (χ3v) is 5.06. The molecule has 1 heterocycles. The average molecular weight is 396 g/mol. The molecule has 0 aliphatic carbocycles. The van der Waals surface area contributed by atoms with Gasteiger partial charge in [0.15, 0.2) is 5.69 Å². The maximum absolute atomic E-state index is 13.5. The van der Waals surface area contributed by atoms with Crippen molar-refractivity contribution in [2.45, 2.75) is 6.92 Å². The number of esters is 1. The maximum atomic E-state index is 13.5. The highest BCUT2D eigenvalue weighted by molar-refractivity contribution is 7.18. The molecule has 0 saturated heterocycles. The van der Waals surface area contributed by atoms with E-state index in [0.29, 0.717) is 20.5 Å². The van der Waals surface area contributed by atoms with Crippen molar-refractivity contribution in [3.8, 4) is 21.0 Å². The Morgan fingerprint density at radius 1 is 1.16 bits per heavy atom. The fraction of sp³-hybridized carbons (Fsp3) is 0.111. The smallest absolute Gasteiger partial charge is 0.358 e. The lowest BCUT2D eigenvalue weighted by Gasteiger charge is -2.03. The summed E-state index contributed by atoms with van der Waals surface area (Å²) in [4.78, 5) is 17.3. The highest BCUT2D eigenvalue weighted by atomic mass is 35.5. The maximum Gasteiger partial charge on any atom is 0.358 e. The van der Waals surface area contributed by atoms with Crippen LogP contribution < -0.4 is 0 Å². The molecule has 3 aromatic rings. The first-order valence-corrected chi connectivity index (χ1v) is 8.96. The van der Waals surface area contributed by atoms with E-state index in [4.69, 9.17) is 27.9 Å². The summed E-state index contributed by atoms with van der Waals surface area (Å²) in [5.74, 6) is -1.06. The molecule has 0 amide bonds. The second-order valence-electron chi connectivity index (χ2n) is 5.05. The molecule has 0 bridgehead atoms. The van der Waals surface area contributed by atoms with Gasteiger partial charge in [-0.25, -0.2) is 14.2 Å². The van der Waals surface area contributed by atoms with Gasteiger partial charge in [-0.3, -0.25) is 0 Å². The summed E-state index contributed by atoms with van der Waals surface area (Å²) in [6.45, 7) is 1.95. The summed E-state index contributed by atoms with van der Waals surface area (Å²) in [7, 11) is 0. The van der Waals surface area contributed by atoms with Gasteiger partial charge in [-0.05, 0) is 36.8 Å². The molecule has 0 atom stereocenters. The number of benzene rings is 2. The van der Waals surface area contributed by atoms with Crippen LogP contribution in [0.4, 0.5) is 4.39 Å². The first-order valence-electron chi connectivity index (χ1n) is 7.39. The Morgan fingerprint density at radius 3 is 2.48 bits per heavy atom. The lowest BCUT2D eigenvalue weighted by molar-refractivity contribution is 0.0521. The Balaban J connectivity index is 2.13. The number of thiazole rings is 1. The molecule has 3 rings (SSSR count). The lowest BCUT2D eigenvalue weighted by Crippen LogP contribution is -2.06. The van der Waals surface area contributed by atoms with Crippen molar-refractivity contribution in [1.82, 2.24) is 4.98 Å². The fourth-order valence-corrected chi connectivity index (χ4v) is 3.57. The van der Waals surface area contributed by atoms with E-state index in [0.717, 1.165) is 5.56 Å². The van der Waals surface area contributed by atoms with E-state index in [1.165, 1.54) is 23.5 Å². The first-order chi connectivity index (χ1) is 12.0. The largest absolute Gasteiger partial charge is 0.461 e. The summed E-state index contributed by atoms with van der Waals surface area (Å²) in [5, 5.41) is 1.22. The lowest BCUT2D eigenvalue weighted by atomic mass is 10.1. The van der Waals surface area contributed by atoms with Gasteiger partial charge in [-0.1, -0.05) is 41.4 Å². The molecular formula is C18H12Cl2FNO2S. The van der Waals surface area contributed by atoms with Gasteiger partial charge < -0.3 is 4.74 Å². The van der Waals surface area contributed by atoms with Gasteiger partial charge in [-0.2, -0.15) is 0 Å². The number of hydrogen-bond donors (Lipinski definition) is 0. The quantitative estimate of drug-likeness (QED) is 0.500. The number of aromatic nitrogens is 1. The van der Waals surface area contributed by atoms with Crippen molar-refractivity contribution in [1.29, 1.82) is 0 Å². The van der Waals surface area contributed by atoms with Crippen LogP contribution in [0.5, 0.6) is 0 Å². The van der Waals surface area contributed by atoms with E-state index in [1.807, 2.05) is 12.1 Å². The van der Waals surface area contributed by atoms with E-state index in [1.54, 1.807) is 25.1 Å². The third-order valence-electron chi connectivity index (χ3n) is 3.37. The molecule has 0 aliphatic rings. The third kappa shape index (κ3) is 3.84. The molecule has 128 valence electrons. The number of halogens is 3. The number of nitrogens with zero attached hydrogens (tertiary/aromatic N) is 1. The standard InChI is InChI=1S/C18H12Cl2FNO2S/c1-2-24-18(23)15-16(11-5-8-14(21)13(20)9-11)25-17(22-15)10-3-6-12(19)7-4-10/h3-9H,2H2,1H3. The minimum absolute atomic E-state index is 0.0197. The Kier molecular flexibility index (Phi) is 5.37. The Morgan fingerprint density at radius 2 is 1.84 bits per heavy atom. The van der Waals surface area contributed by atoms with Crippen LogP contribution in [-0.2, 0) is 4.74 Å². The average Bonchev–Trinajstić information content (AvgIpc) is 3.03. The molecule has 2 aromatic carbocycles. The summed E-state index contributed by atoms with van der Waals surface area (Å²) in [6, 6.07) is 11.4. The molecule has 0 N–H and O–H groups in total. The SMILES string of the molecule is CCOC(=O)c1nc(-c2ccc(Cl)cc2)sc1-c1ccc(F)c(Cl)c1. The van der Waals surface area contributed by atoms with Crippen LogP contribution in [0.1, 0.15) is 17.4 Å². The summed E-state index contributed by atoms with van der Waals surface area (Å²) >= 11 is 13.1. The number of carbonyl (C=O) groups is 1. The molecular weight excluding hydrogens is 384 g/mol. The predicted molar refractivity (Wildman–Crippen MR) is 98.9 cm³/mol. The summed E-state index contributed by atoms with van der Waals surface area (Å²) in [5.41, 5.74) is 1.60. The van der Waals surface area contributed by atoms with Crippen LogP contribution in [0, 0.1) is 5.82 Å². The highest BCUT2D eigenvalue weighted by Crippen LogP contribution is 2.37. The molecule has 0 aliphatic heterocycles. The Hall–Kier alpha value is -1.95. The van der Waals surface area contributed by atoms with Gasteiger partial charge in [-0.15, -0.1) is 11.3 Å². The molecule has 25 heavy (non-hydrogen) atoms. The normalized spacial score (nSPS) is 10.7. The summed E-state index contributed by atoms with van der Waals surface area (Å²) in [6.07, 6.45) is 0. The van der Waals surface area contributed by atoms with Gasteiger partial charge in [0.2, 0.25) is 0 Å². The first kappa shape index (κ1) is 17.9. The molecule has 0 fully saturated rings. The van der Waals surface area contributed by atoms with E-state index in [9.17, 15) is 9.18 Å². The van der Waals surface area contributed by atoms with Crippen molar-refractivity contribution in [3.63, 3.8) is 0 Å². The molecule has 3 nitrogen and oxygen atoms in total. The zero-order valence-electron chi connectivity index (χ0n) is 13.1. The van der Waals surface area contributed by atoms with Crippen LogP contribution in [0.15, 0.2) is 42.5 Å². The minimum Gasteiger partial charge on any atom is -0.461 e. The van der Waals surface area contributed by atoms with E-state index >= 15 is 0 Å². The van der Waals surface area contributed by atoms with E-state index < -0.39 is 11.8 Å². The van der Waals surface area contributed by atoms with Crippen molar-refractivity contribution in [2.24, 2.45) is 0 Å². The van der Waals surface area contributed by atoms with Crippen LogP contribution >= 0.6 is 34.5 Å². The second-order valence-corrected chi connectivity index (χ2v) is 6.90. The van der Waals surface area contributed by atoms with Gasteiger partial charge >= 0.3 is 5.97 Å². The molecule has 0 saturated carbocycles. The molecule has 0 spiro atoms. The molecule has 0 unspecified atom stereocenters. The van der Waals surface area contributed by atoms with Gasteiger partial charge in [0.1, 0.15) is 10.8 Å². The molecule has 0 radical (unpaired) electrons. The fourth-order valence-electron chi connectivity index (χ4n) is 2.21. The number of carbonyl (C=O) groups excluding carboxylic acids is 1. The van der Waals surface area contributed by atoms with Crippen LogP contribution in [0.25, 0.3) is 21.0 Å². The van der Waals surface area contributed by atoms with E-state index in [2.05, 4.69) is 4.98 Å².